The quantitative estimate of drug-likeness (QED) is 0.171. The molecule has 10 aromatic rings. The van der Waals surface area contributed by atoms with Gasteiger partial charge in [-0.2, -0.15) is 0 Å². The SMILES string of the molecule is CC1(C)c2c(-c3ccc(-c4ccc(N(c5ccc(-c6ccccc6)cc5)c5ccc6c(c5)oc5ccccc56)cc4)cc3)cccc2-c2oc3ccccc3c21. The second-order valence-corrected chi connectivity index (χ2v) is 15.3. The van der Waals surface area contributed by atoms with Crippen molar-refractivity contribution < 1.29 is 8.83 Å². The molecule has 0 amide bonds. The predicted molar refractivity (Wildman–Crippen MR) is 232 cm³/mol. The number of benzene rings is 8. The highest BCUT2D eigenvalue weighted by molar-refractivity contribution is 6.06. The average molecular weight is 720 g/mol. The highest BCUT2D eigenvalue weighted by atomic mass is 16.3. The first-order valence-corrected chi connectivity index (χ1v) is 19.2. The summed E-state index contributed by atoms with van der Waals surface area (Å²) in [5.74, 6) is 1.00. The Kier molecular flexibility index (Phi) is 7.20. The van der Waals surface area contributed by atoms with Gasteiger partial charge in [0, 0.05) is 55.8 Å². The fraction of sp³-hybridized carbons (Fsp3) is 0.0566. The molecule has 0 saturated heterocycles. The highest BCUT2D eigenvalue weighted by Crippen LogP contribution is 2.55. The van der Waals surface area contributed by atoms with Crippen LogP contribution in [0.4, 0.5) is 17.1 Å². The van der Waals surface area contributed by atoms with E-state index < -0.39 is 0 Å². The van der Waals surface area contributed by atoms with Crippen LogP contribution in [0.2, 0.25) is 0 Å². The average Bonchev–Trinajstić information content (AvgIpc) is 3.90. The lowest BCUT2D eigenvalue weighted by Gasteiger charge is -2.26. The van der Waals surface area contributed by atoms with Gasteiger partial charge >= 0.3 is 0 Å². The van der Waals surface area contributed by atoms with Crippen LogP contribution in [0.1, 0.15) is 25.0 Å². The summed E-state index contributed by atoms with van der Waals surface area (Å²) >= 11 is 0. The van der Waals surface area contributed by atoms with Gasteiger partial charge in [-0.25, -0.2) is 0 Å². The molecule has 56 heavy (non-hydrogen) atoms. The molecular formula is C53H37NO2. The second kappa shape index (κ2) is 12.5. The topological polar surface area (TPSA) is 29.5 Å². The van der Waals surface area contributed by atoms with Crippen LogP contribution >= 0.6 is 0 Å². The number of para-hydroxylation sites is 2. The highest BCUT2D eigenvalue weighted by Gasteiger charge is 2.41. The molecule has 0 N–H and O–H groups in total. The van der Waals surface area contributed by atoms with Crippen molar-refractivity contribution in [2.45, 2.75) is 19.3 Å². The fourth-order valence-electron chi connectivity index (χ4n) is 9.02. The molecule has 0 saturated carbocycles. The number of furan rings is 2. The lowest BCUT2D eigenvalue weighted by Crippen LogP contribution is -2.16. The van der Waals surface area contributed by atoms with Crippen LogP contribution in [0, 0.1) is 0 Å². The number of hydrogen-bond donors (Lipinski definition) is 0. The molecule has 266 valence electrons. The smallest absolute Gasteiger partial charge is 0.139 e. The Balaban J connectivity index is 0.940. The van der Waals surface area contributed by atoms with Gasteiger partial charge in [-0.3, -0.25) is 0 Å². The Labute approximate surface area is 325 Å². The molecule has 2 aromatic heterocycles. The molecule has 0 atom stereocenters. The van der Waals surface area contributed by atoms with E-state index in [4.69, 9.17) is 8.83 Å². The molecule has 2 heterocycles. The zero-order valence-electron chi connectivity index (χ0n) is 31.2. The van der Waals surface area contributed by atoms with Crippen molar-refractivity contribution in [3.05, 3.63) is 199 Å². The minimum atomic E-state index is -0.189. The van der Waals surface area contributed by atoms with Gasteiger partial charge in [0.2, 0.25) is 0 Å². The van der Waals surface area contributed by atoms with Gasteiger partial charge in [0.25, 0.3) is 0 Å². The van der Waals surface area contributed by atoms with Crippen LogP contribution in [-0.4, -0.2) is 0 Å². The van der Waals surface area contributed by atoms with Crippen LogP contribution in [0.5, 0.6) is 0 Å². The third-order valence-electron chi connectivity index (χ3n) is 11.7. The monoisotopic (exact) mass is 719 g/mol. The molecule has 0 unspecified atom stereocenters. The predicted octanol–water partition coefficient (Wildman–Crippen LogP) is 15.1. The van der Waals surface area contributed by atoms with E-state index in [1.165, 1.54) is 49.9 Å². The van der Waals surface area contributed by atoms with E-state index in [2.05, 4.69) is 189 Å². The summed E-state index contributed by atoms with van der Waals surface area (Å²) in [4.78, 5) is 2.31. The van der Waals surface area contributed by atoms with E-state index in [1.807, 2.05) is 18.2 Å². The summed E-state index contributed by atoms with van der Waals surface area (Å²) < 4.78 is 12.8. The lowest BCUT2D eigenvalue weighted by atomic mass is 9.78. The molecular weight excluding hydrogens is 683 g/mol. The Hall–Kier alpha value is -7.10. The first-order valence-electron chi connectivity index (χ1n) is 19.2. The van der Waals surface area contributed by atoms with E-state index in [9.17, 15) is 0 Å². The normalized spacial score (nSPS) is 13.0. The Bertz CT molecular complexity index is 3080. The number of rotatable bonds is 6. The fourth-order valence-corrected chi connectivity index (χ4v) is 9.02. The van der Waals surface area contributed by atoms with Crippen molar-refractivity contribution in [1.29, 1.82) is 0 Å². The first kappa shape index (κ1) is 32.3. The van der Waals surface area contributed by atoms with E-state index in [0.29, 0.717) is 0 Å². The minimum Gasteiger partial charge on any atom is -0.456 e. The zero-order valence-corrected chi connectivity index (χ0v) is 31.2. The third kappa shape index (κ3) is 5.05. The van der Waals surface area contributed by atoms with Crippen molar-refractivity contribution in [3.8, 4) is 44.7 Å². The van der Waals surface area contributed by atoms with E-state index >= 15 is 0 Å². The summed E-state index contributed by atoms with van der Waals surface area (Å²) in [5.41, 5.74) is 16.7. The van der Waals surface area contributed by atoms with Gasteiger partial charge in [0.1, 0.15) is 22.5 Å². The largest absolute Gasteiger partial charge is 0.456 e. The van der Waals surface area contributed by atoms with Crippen molar-refractivity contribution in [2.75, 3.05) is 4.90 Å². The van der Waals surface area contributed by atoms with Gasteiger partial charge in [-0.15, -0.1) is 0 Å². The second-order valence-electron chi connectivity index (χ2n) is 15.3. The molecule has 8 aromatic carbocycles. The number of nitrogens with zero attached hydrogens (tertiary/aromatic N) is 1. The molecule has 1 aliphatic rings. The molecule has 1 aliphatic carbocycles. The standard InChI is InChI=1S/C53H37NO2/c1-53(2)50-42(15-10-16-46(50)52-51(53)45-14-7-9-18-48(45)56-52)38-21-19-35(20-22-38)37-25-29-40(30-26-37)54(39-27-23-36(24-28-39)34-11-4-3-5-12-34)41-31-32-44-43-13-6-8-17-47(43)55-49(44)33-41/h3-33H,1-2H3. The molecule has 3 nitrogen and oxygen atoms in total. The molecule has 0 fully saturated rings. The zero-order chi connectivity index (χ0) is 37.4. The van der Waals surface area contributed by atoms with E-state index in [0.717, 1.165) is 55.9 Å². The minimum absolute atomic E-state index is 0.189. The van der Waals surface area contributed by atoms with Crippen LogP contribution < -0.4 is 4.90 Å². The maximum Gasteiger partial charge on any atom is 0.139 e. The van der Waals surface area contributed by atoms with Gasteiger partial charge in [-0.05, 0) is 87.5 Å². The van der Waals surface area contributed by atoms with E-state index in [-0.39, 0.29) is 5.41 Å². The summed E-state index contributed by atoms with van der Waals surface area (Å²) in [7, 11) is 0. The van der Waals surface area contributed by atoms with Crippen molar-refractivity contribution in [3.63, 3.8) is 0 Å². The number of hydrogen-bond acceptors (Lipinski definition) is 3. The molecule has 0 aliphatic heterocycles. The van der Waals surface area contributed by atoms with E-state index in [1.54, 1.807) is 0 Å². The van der Waals surface area contributed by atoms with Crippen molar-refractivity contribution in [1.82, 2.24) is 0 Å². The van der Waals surface area contributed by atoms with Gasteiger partial charge in [0.05, 0.1) is 0 Å². The summed E-state index contributed by atoms with van der Waals surface area (Å²) in [6.07, 6.45) is 0. The lowest BCUT2D eigenvalue weighted by molar-refractivity contribution is 0.619. The Morgan fingerprint density at radius 2 is 0.857 bits per heavy atom. The maximum absolute atomic E-state index is 6.47. The number of fused-ring (bicyclic) bond motifs is 8. The summed E-state index contributed by atoms with van der Waals surface area (Å²) in [5, 5.41) is 3.44. The molecule has 0 bridgehead atoms. The van der Waals surface area contributed by atoms with Gasteiger partial charge in [-0.1, -0.05) is 147 Å². The molecule has 0 radical (unpaired) electrons. The Morgan fingerprint density at radius 3 is 1.54 bits per heavy atom. The van der Waals surface area contributed by atoms with Crippen LogP contribution in [0.25, 0.3) is 77.6 Å². The molecule has 11 rings (SSSR count). The van der Waals surface area contributed by atoms with Crippen LogP contribution in [0.15, 0.2) is 197 Å². The number of anilines is 3. The first-order chi connectivity index (χ1) is 27.5. The van der Waals surface area contributed by atoms with Crippen molar-refractivity contribution in [2.24, 2.45) is 0 Å². The Morgan fingerprint density at radius 1 is 0.357 bits per heavy atom. The third-order valence-corrected chi connectivity index (χ3v) is 11.7. The maximum atomic E-state index is 6.47. The summed E-state index contributed by atoms with van der Waals surface area (Å²) in [6.45, 7) is 4.66. The van der Waals surface area contributed by atoms with Crippen molar-refractivity contribution >= 4 is 50.0 Å². The van der Waals surface area contributed by atoms with Crippen LogP contribution in [0.3, 0.4) is 0 Å². The van der Waals surface area contributed by atoms with Crippen LogP contribution in [-0.2, 0) is 5.41 Å². The van der Waals surface area contributed by atoms with Gasteiger partial charge in [0.15, 0.2) is 0 Å². The van der Waals surface area contributed by atoms with Gasteiger partial charge < -0.3 is 13.7 Å². The molecule has 3 heteroatoms. The molecule has 0 spiro atoms. The summed E-state index contributed by atoms with van der Waals surface area (Å²) in [6, 6.07) is 67.0.